The number of rotatable bonds is 0. The van der Waals surface area contributed by atoms with Gasteiger partial charge in [0.25, 0.3) is 0 Å². The van der Waals surface area contributed by atoms with Crippen molar-refractivity contribution in [1.29, 1.82) is 0 Å². The molecule has 1 aliphatic heterocycles. The van der Waals surface area contributed by atoms with E-state index in [1.54, 1.807) is 0 Å². The first kappa shape index (κ1) is 8.36. The van der Waals surface area contributed by atoms with Gasteiger partial charge in [-0.25, -0.2) is 0 Å². The smallest absolute Gasteiger partial charge is 0.0526 e. The molecule has 0 aliphatic carbocycles. The number of nitrogen functional groups attached to an aromatic ring is 1. The average molecular weight is 251 g/mol. The Bertz CT molecular complexity index is 513. The van der Waals surface area contributed by atoms with E-state index in [1.165, 1.54) is 22.9 Å². The topological polar surface area (TPSA) is 30.9 Å². The van der Waals surface area contributed by atoms with Crippen molar-refractivity contribution in [3.05, 3.63) is 28.4 Å². The molecule has 3 heteroatoms. The van der Waals surface area contributed by atoms with Crippen LogP contribution < -0.4 is 5.73 Å². The third-order valence-corrected chi connectivity index (χ3v) is 3.50. The lowest BCUT2D eigenvalue weighted by molar-refractivity contribution is 0.635. The van der Waals surface area contributed by atoms with Crippen LogP contribution in [0.1, 0.15) is 12.0 Å². The zero-order valence-electron chi connectivity index (χ0n) is 7.76. The molecule has 72 valence electrons. The normalized spacial score (nSPS) is 14.9. The lowest BCUT2D eigenvalue weighted by Crippen LogP contribution is -2.06. The first-order valence-corrected chi connectivity index (χ1v) is 5.62. The van der Waals surface area contributed by atoms with E-state index < -0.39 is 0 Å². The van der Waals surface area contributed by atoms with Gasteiger partial charge < -0.3 is 10.3 Å². The Balaban J connectivity index is 2.49. The highest BCUT2D eigenvalue weighted by Crippen LogP contribution is 2.34. The predicted octanol–water partition coefficient (Wildman–Crippen LogP) is 2.93. The first-order chi connectivity index (χ1) is 6.75. The lowest BCUT2D eigenvalue weighted by atomic mass is 10.0. The Morgan fingerprint density at radius 1 is 1.36 bits per heavy atom. The van der Waals surface area contributed by atoms with Crippen LogP contribution in [0.25, 0.3) is 10.9 Å². The number of halogens is 1. The molecule has 0 fully saturated rings. The van der Waals surface area contributed by atoms with Crippen LogP contribution in [0.5, 0.6) is 0 Å². The maximum atomic E-state index is 5.87. The van der Waals surface area contributed by atoms with E-state index in [1.807, 2.05) is 6.07 Å². The minimum absolute atomic E-state index is 0.868. The molecule has 14 heavy (non-hydrogen) atoms. The maximum Gasteiger partial charge on any atom is 0.0526 e. The lowest BCUT2D eigenvalue weighted by Gasteiger charge is -2.15. The summed E-state index contributed by atoms with van der Waals surface area (Å²) in [6, 6.07) is 4.15. The molecule has 0 amide bonds. The fraction of sp³-hybridized carbons (Fsp3) is 0.273. The highest BCUT2D eigenvalue weighted by atomic mass is 79.9. The van der Waals surface area contributed by atoms with Gasteiger partial charge in [-0.05, 0) is 46.5 Å². The predicted molar refractivity (Wildman–Crippen MR) is 62.4 cm³/mol. The zero-order chi connectivity index (χ0) is 9.71. The van der Waals surface area contributed by atoms with Gasteiger partial charge in [0.1, 0.15) is 0 Å². The summed E-state index contributed by atoms with van der Waals surface area (Å²) >= 11 is 3.58. The third kappa shape index (κ3) is 1.02. The molecule has 3 rings (SSSR count). The number of hydrogen-bond acceptors (Lipinski definition) is 1. The summed E-state index contributed by atoms with van der Waals surface area (Å²) < 4.78 is 3.47. The number of anilines is 1. The molecular weight excluding hydrogens is 240 g/mol. The van der Waals surface area contributed by atoms with Crippen LogP contribution in [0.15, 0.2) is 22.8 Å². The van der Waals surface area contributed by atoms with Crippen molar-refractivity contribution < 1.29 is 0 Å². The molecule has 0 unspecified atom stereocenters. The van der Waals surface area contributed by atoms with Gasteiger partial charge in [0.15, 0.2) is 0 Å². The Morgan fingerprint density at radius 3 is 3.07 bits per heavy atom. The molecule has 0 bridgehead atoms. The molecule has 0 atom stereocenters. The molecule has 2 aromatic rings. The van der Waals surface area contributed by atoms with Crippen molar-refractivity contribution in [3.8, 4) is 0 Å². The van der Waals surface area contributed by atoms with E-state index in [9.17, 15) is 0 Å². The van der Waals surface area contributed by atoms with Crippen molar-refractivity contribution in [3.63, 3.8) is 0 Å². The van der Waals surface area contributed by atoms with E-state index in [0.29, 0.717) is 0 Å². The zero-order valence-corrected chi connectivity index (χ0v) is 9.34. The standard InChI is InChI=1S/C11H11BrN2/c12-10-6-14-3-1-2-7-4-8(13)5-9(10)11(7)14/h4-6H,1-3,13H2. The molecule has 1 aromatic heterocycles. The molecule has 0 radical (unpaired) electrons. The fourth-order valence-electron chi connectivity index (χ4n) is 2.32. The van der Waals surface area contributed by atoms with Crippen molar-refractivity contribution >= 4 is 32.5 Å². The molecule has 1 aromatic carbocycles. The number of nitrogens with zero attached hydrogens (tertiary/aromatic N) is 1. The maximum absolute atomic E-state index is 5.87. The number of hydrogen-bond donors (Lipinski definition) is 1. The number of benzene rings is 1. The van der Waals surface area contributed by atoms with E-state index in [2.05, 4.69) is 32.8 Å². The van der Waals surface area contributed by atoms with Gasteiger partial charge in [0, 0.05) is 28.3 Å². The van der Waals surface area contributed by atoms with E-state index in [0.717, 1.165) is 23.1 Å². The van der Waals surface area contributed by atoms with Gasteiger partial charge >= 0.3 is 0 Å². The third-order valence-electron chi connectivity index (χ3n) is 2.87. The summed E-state index contributed by atoms with van der Waals surface area (Å²) in [6.45, 7) is 1.12. The van der Waals surface area contributed by atoms with E-state index >= 15 is 0 Å². The second-order valence-corrected chi connectivity index (χ2v) is 4.70. The van der Waals surface area contributed by atoms with Crippen LogP contribution in [0, 0.1) is 0 Å². The van der Waals surface area contributed by atoms with E-state index in [4.69, 9.17) is 5.73 Å². The van der Waals surface area contributed by atoms with Crippen LogP contribution >= 0.6 is 15.9 Å². The molecule has 1 aliphatic rings. The van der Waals surface area contributed by atoms with Crippen molar-refractivity contribution in [1.82, 2.24) is 4.57 Å². The Hall–Kier alpha value is -0.960. The van der Waals surface area contributed by atoms with Crippen LogP contribution in [0.4, 0.5) is 5.69 Å². The average Bonchev–Trinajstić information content (AvgIpc) is 2.45. The molecule has 2 nitrogen and oxygen atoms in total. The second-order valence-electron chi connectivity index (χ2n) is 3.85. The van der Waals surface area contributed by atoms with Crippen molar-refractivity contribution in [2.24, 2.45) is 0 Å². The minimum atomic E-state index is 0.868. The van der Waals surface area contributed by atoms with Gasteiger partial charge in [-0.3, -0.25) is 0 Å². The summed E-state index contributed by atoms with van der Waals surface area (Å²) in [6.07, 6.45) is 4.53. The van der Waals surface area contributed by atoms with Gasteiger partial charge in [0.2, 0.25) is 0 Å². The van der Waals surface area contributed by atoms with Gasteiger partial charge in [-0.1, -0.05) is 0 Å². The quantitative estimate of drug-likeness (QED) is 0.717. The van der Waals surface area contributed by atoms with Gasteiger partial charge in [-0.2, -0.15) is 0 Å². The Labute approximate surface area is 90.8 Å². The summed E-state index contributed by atoms with van der Waals surface area (Å²) in [5, 5.41) is 1.25. The molecular formula is C11H11BrN2. The first-order valence-electron chi connectivity index (χ1n) is 4.82. The molecule has 0 saturated carbocycles. The van der Waals surface area contributed by atoms with Crippen LogP contribution in [0.2, 0.25) is 0 Å². The summed E-state index contributed by atoms with van der Waals surface area (Å²) in [7, 11) is 0. The number of aryl methyl sites for hydroxylation is 2. The van der Waals surface area contributed by atoms with Crippen molar-refractivity contribution in [2.75, 3.05) is 5.73 Å². The van der Waals surface area contributed by atoms with Crippen molar-refractivity contribution in [2.45, 2.75) is 19.4 Å². The summed E-state index contributed by atoms with van der Waals surface area (Å²) in [4.78, 5) is 0. The van der Waals surface area contributed by atoms with Crippen LogP contribution in [-0.2, 0) is 13.0 Å². The number of nitrogens with two attached hydrogens (primary N) is 1. The minimum Gasteiger partial charge on any atom is -0.399 e. The monoisotopic (exact) mass is 250 g/mol. The molecule has 0 saturated heterocycles. The summed E-state index contributed by atoms with van der Waals surface area (Å²) in [5.74, 6) is 0. The molecule has 2 N–H and O–H groups in total. The Kier molecular flexibility index (Phi) is 1.65. The number of aromatic nitrogens is 1. The Morgan fingerprint density at radius 2 is 2.21 bits per heavy atom. The second kappa shape index (κ2) is 2.76. The van der Waals surface area contributed by atoms with Crippen LogP contribution in [0.3, 0.4) is 0 Å². The highest BCUT2D eigenvalue weighted by Gasteiger charge is 2.15. The van der Waals surface area contributed by atoms with Gasteiger partial charge in [-0.15, -0.1) is 0 Å². The summed E-state index contributed by atoms with van der Waals surface area (Å²) in [5.41, 5.74) is 9.49. The molecule has 0 spiro atoms. The fourth-order valence-corrected chi connectivity index (χ4v) is 2.87. The van der Waals surface area contributed by atoms with E-state index in [-0.39, 0.29) is 0 Å². The molecule has 2 heterocycles. The largest absolute Gasteiger partial charge is 0.399 e. The van der Waals surface area contributed by atoms with Gasteiger partial charge in [0.05, 0.1) is 5.52 Å². The SMILES string of the molecule is Nc1cc2c3c(c1)c(Br)cn3CCC2. The van der Waals surface area contributed by atoms with Crippen LogP contribution in [-0.4, -0.2) is 4.57 Å². The highest BCUT2D eigenvalue weighted by molar-refractivity contribution is 9.10.